The number of rotatable bonds is 3. The van der Waals surface area contributed by atoms with E-state index in [1.54, 1.807) is 18.3 Å². The molecule has 3 aromatic rings. The molecule has 0 fully saturated rings. The second-order valence-corrected chi connectivity index (χ2v) is 5.49. The Morgan fingerprint density at radius 1 is 1.26 bits per heavy atom. The summed E-state index contributed by atoms with van der Waals surface area (Å²) in [5.41, 5.74) is 2.34. The Bertz CT molecular complexity index is 844. The first kappa shape index (κ1) is 13.9. The van der Waals surface area contributed by atoms with Gasteiger partial charge in [0.2, 0.25) is 0 Å². The van der Waals surface area contributed by atoms with Crippen molar-refractivity contribution < 1.29 is 9.53 Å². The summed E-state index contributed by atoms with van der Waals surface area (Å²) in [6.45, 7) is 1.48. The summed E-state index contributed by atoms with van der Waals surface area (Å²) in [5.74, 6) is 0.763. The molecule has 0 spiro atoms. The SMILES string of the molecule is O=C(NCC1COCc2nc3cccnc3n21)c1ccccc1. The van der Waals surface area contributed by atoms with E-state index in [-0.39, 0.29) is 11.9 Å². The molecule has 1 atom stereocenters. The maximum absolute atomic E-state index is 12.2. The first-order valence-electron chi connectivity index (χ1n) is 7.56. The van der Waals surface area contributed by atoms with Crippen molar-refractivity contribution in [1.29, 1.82) is 0 Å². The number of nitrogens with one attached hydrogen (secondary N) is 1. The van der Waals surface area contributed by atoms with Gasteiger partial charge in [0, 0.05) is 18.3 Å². The van der Waals surface area contributed by atoms with Crippen LogP contribution >= 0.6 is 0 Å². The Hall–Kier alpha value is -2.73. The van der Waals surface area contributed by atoms with Crippen LogP contribution in [0.2, 0.25) is 0 Å². The third kappa shape index (κ3) is 2.57. The molecule has 0 aliphatic carbocycles. The van der Waals surface area contributed by atoms with Crippen LogP contribution in [0, 0.1) is 0 Å². The second-order valence-electron chi connectivity index (χ2n) is 5.49. The van der Waals surface area contributed by atoms with Crippen LogP contribution in [0.3, 0.4) is 0 Å². The highest BCUT2D eigenvalue weighted by Crippen LogP contribution is 2.24. The maximum atomic E-state index is 12.2. The van der Waals surface area contributed by atoms with Gasteiger partial charge in [-0.1, -0.05) is 18.2 Å². The molecule has 1 amide bonds. The van der Waals surface area contributed by atoms with E-state index in [4.69, 9.17) is 4.74 Å². The van der Waals surface area contributed by atoms with Gasteiger partial charge in [0.1, 0.15) is 17.9 Å². The number of imidazole rings is 1. The highest BCUT2D eigenvalue weighted by molar-refractivity contribution is 5.94. The summed E-state index contributed by atoms with van der Waals surface area (Å²) in [6.07, 6.45) is 1.76. The Morgan fingerprint density at radius 2 is 2.13 bits per heavy atom. The lowest BCUT2D eigenvalue weighted by molar-refractivity contribution is 0.0551. The molecule has 6 heteroatoms. The minimum atomic E-state index is -0.0879. The van der Waals surface area contributed by atoms with Gasteiger partial charge in [-0.2, -0.15) is 0 Å². The van der Waals surface area contributed by atoms with Gasteiger partial charge >= 0.3 is 0 Å². The van der Waals surface area contributed by atoms with Crippen LogP contribution < -0.4 is 5.32 Å². The van der Waals surface area contributed by atoms with Gasteiger partial charge < -0.3 is 14.6 Å². The predicted molar refractivity (Wildman–Crippen MR) is 85.0 cm³/mol. The number of benzene rings is 1. The number of carbonyl (C=O) groups excluding carboxylic acids is 1. The van der Waals surface area contributed by atoms with Gasteiger partial charge in [0.05, 0.1) is 12.6 Å². The lowest BCUT2D eigenvalue weighted by atomic mass is 10.2. The van der Waals surface area contributed by atoms with E-state index in [2.05, 4.69) is 19.9 Å². The van der Waals surface area contributed by atoms with Gasteiger partial charge in [0.25, 0.3) is 5.91 Å². The summed E-state index contributed by atoms with van der Waals surface area (Å²) >= 11 is 0. The van der Waals surface area contributed by atoms with E-state index in [0.717, 1.165) is 17.0 Å². The Kier molecular flexibility index (Phi) is 3.51. The number of carbonyl (C=O) groups is 1. The van der Waals surface area contributed by atoms with E-state index >= 15 is 0 Å². The lowest BCUT2D eigenvalue weighted by Crippen LogP contribution is -2.35. The van der Waals surface area contributed by atoms with Crippen LogP contribution in [0.15, 0.2) is 48.7 Å². The normalized spacial score (nSPS) is 17.0. The topological polar surface area (TPSA) is 69.0 Å². The molecule has 0 saturated carbocycles. The third-order valence-electron chi connectivity index (χ3n) is 3.96. The first-order chi connectivity index (χ1) is 11.3. The zero-order valence-electron chi connectivity index (χ0n) is 12.5. The fourth-order valence-corrected chi connectivity index (χ4v) is 2.88. The minimum Gasteiger partial charge on any atom is -0.371 e. The summed E-state index contributed by atoms with van der Waals surface area (Å²) in [6, 6.07) is 13.0. The Labute approximate surface area is 133 Å². The van der Waals surface area contributed by atoms with Crippen LogP contribution in [0.4, 0.5) is 0 Å². The molecule has 116 valence electrons. The number of hydrogen-bond donors (Lipinski definition) is 1. The number of amides is 1. The molecular formula is C17H16N4O2. The molecule has 1 N–H and O–H groups in total. The van der Waals surface area contributed by atoms with Crippen molar-refractivity contribution in [3.8, 4) is 0 Å². The van der Waals surface area contributed by atoms with Crippen LogP contribution in [0.25, 0.3) is 11.2 Å². The molecule has 4 rings (SSSR count). The summed E-state index contributed by atoms with van der Waals surface area (Å²) in [7, 11) is 0. The molecule has 0 saturated heterocycles. The van der Waals surface area contributed by atoms with Gasteiger partial charge in [-0.3, -0.25) is 4.79 Å². The lowest BCUT2D eigenvalue weighted by Gasteiger charge is -2.25. The molecule has 23 heavy (non-hydrogen) atoms. The molecule has 3 heterocycles. The van der Waals surface area contributed by atoms with Crippen molar-refractivity contribution in [2.75, 3.05) is 13.2 Å². The average Bonchev–Trinajstić information content (AvgIpc) is 2.99. The van der Waals surface area contributed by atoms with Gasteiger partial charge in [-0.15, -0.1) is 0 Å². The van der Waals surface area contributed by atoms with E-state index < -0.39 is 0 Å². The van der Waals surface area contributed by atoms with Gasteiger partial charge in [-0.25, -0.2) is 9.97 Å². The van der Waals surface area contributed by atoms with E-state index in [9.17, 15) is 4.79 Å². The standard InChI is InChI=1S/C17H16N4O2/c22-17(12-5-2-1-3-6-12)19-9-13-10-23-11-15-20-14-7-4-8-18-16(14)21(13)15/h1-8,13H,9-11H2,(H,19,22). The fraction of sp³-hybridized carbons (Fsp3) is 0.235. The number of hydrogen-bond acceptors (Lipinski definition) is 4. The summed E-state index contributed by atoms with van der Waals surface area (Å²) < 4.78 is 7.69. The van der Waals surface area contributed by atoms with E-state index in [1.807, 2.05) is 30.3 Å². The molecule has 2 aromatic heterocycles. The molecule has 1 aliphatic rings. The summed E-state index contributed by atoms with van der Waals surface area (Å²) in [5, 5.41) is 2.97. The first-order valence-corrected chi connectivity index (χ1v) is 7.56. The summed E-state index contributed by atoms with van der Waals surface area (Å²) in [4.78, 5) is 21.2. The zero-order chi connectivity index (χ0) is 15.6. The Balaban J connectivity index is 1.56. The number of ether oxygens (including phenoxy) is 1. The molecule has 0 radical (unpaired) electrons. The van der Waals surface area contributed by atoms with Crippen LogP contribution in [0.1, 0.15) is 22.2 Å². The van der Waals surface area contributed by atoms with Crippen molar-refractivity contribution in [1.82, 2.24) is 19.9 Å². The minimum absolute atomic E-state index is 0.00804. The molecule has 6 nitrogen and oxygen atoms in total. The molecule has 1 aromatic carbocycles. The van der Waals surface area contributed by atoms with Crippen LogP contribution in [0.5, 0.6) is 0 Å². The highest BCUT2D eigenvalue weighted by Gasteiger charge is 2.25. The second kappa shape index (κ2) is 5.81. The van der Waals surface area contributed by atoms with E-state index in [1.165, 1.54) is 0 Å². The van der Waals surface area contributed by atoms with Crippen molar-refractivity contribution in [2.24, 2.45) is 0 Å². The van der Waals surface area contributed by atoms with Crippen molar-refractivity contribution in [3.05, 3.63) is 60.0 Å². The molecule has 1 unspecified atom stereocenters. The zero-order valence-corrected chi connectivity index (χ0v) is 12.5. The molecule has 1 aliphatic heterocycles. The van der Waals surface area contributed by atoms with Crippen molar-refractivity contribution >= 4 is 17.1 Å². The number of nitrogens with zero attached hydrogens (tertiary/aromatic N) is 3. The Morgan fingerprint density at radius 3 is 3.00 bits per heavy atom. The fourth-order valence-electron chi connectivity index (χ4n) is 2.88. The quantitative estimate of drug-likeness (QED) is 0.803. The number of aromatic nitrogens is 3. The number of fused-ring (bicyclic) bond motifs is 3. The van der Waals surface area contributed by atoms with Crippen molar-refractivity contribution in [2.45, 2.75) is 12.6 Å². The highest BCUT2D eigenvalue weighted by atomic mass is 16.5. The average molecular weight is 308 g/mol. The van der Waals surface area contributed by atoms with Crippen LogP contribution in [-0.4, -0.2) is 33.6 Å². The van der Waals surface area contributed by atoms with Crippen molar-refractivity contribution in [3.63, 3.8) is 0 Å². The number of pyridine rings is 1. The predicted octanol–water partition coefficient (Wildman–Crippen LogP) is 1.93. The van der Waals surface area contributed by atoms with E-state index in [0.29, 0.717) is 25.3 Å². The third-order valence-corrected chi connectivity index (χ3v) is 3.96. The van der Waals surface area contributed by atoms with Gasteiger partial charge in [-0.05, 0) is 24.3 Å². The van der Waals surface area contributed by atoms with Crippen LogP contribution in [-0.2, 0) is 11.3 Å². The maximum Gasteiger partial charge on any atom is 0.251 e. The monoisotopic (exact) mass is 308 g/mol. The smallest absolute Gasteiger partial charge is 0.251 e. The largest absolute Gasteiger partial charge is 0.371 e. The van der Waals surface area contributed by atoms with Gasteiger partial charge in [0.15, 0.2) is 5.65 Å². The molecule has 0 bridgehead atoms. The molecular weight excluding hydrogens is 292 g/mol.